The number of rotatable bonds is 6. The normalized spacial score (nSPS) is 20.4. The predicted molar refractivity (Wildman–Crippen MR) is 74.9 cm³/mol. The summed E-state index contributed by atoms with van der Waals surface area (Å²) in [7, 11) is 3.21. The molecule has 0 aliphatic carbocycles. The van der Waals surface area contributed by atoms with Crippen LogP contribution in [-0.4, -0.2) is 67.3 Å². The third kappa shape index (κ3) is 6.44. The second kappa shape index (κ2) is 8.46. The zero-order chi connectivity index (χ0) is 15.8. The molecule has 120 valence electrons. The molecular weight excluding hydrogens is 278 g/mol. The van der Waals surface area contributed by atoms with E-state index in [2.05, 4.69) is 20.3 Å². The molecule has 8 nitrogen and oxygen atoms in total. The van der Waals surface area contributed by atoms with Crippen LogP contribution in [0.3, 0.4) is 0 Å². The highest BCUT2D eigenvalue weighted by atomic mass is 16.5. The maximum atomic E-state index is 11.8. The van der Waals surface area contributed by atoms with Crippen molar-refractivity contribution in [2.75, 3.05) is 27.2 Å². The quantitative estimate of drug-likeness (QED) is 0.586. The number of likely N-dealkylation sites (N-methyl/N-ethyl adjacent to an activating group) is 1. The zero-order valence-corrected chi connectivity index (χ0v) is 12.4. The number of amides is 2. The smallest absolute Gasteiger partial charge is 0.326 e. The molecule has 2 amide bonds. The van der Waals surface area contributed by atoms with Crippen LogP contribution in [0.2, 0.25) is 0 Å². The molecule has 0 spiro atoms. The van der Waals surface area contributed by atoms with Gasteiger partial charge in [-0.15, -0.1) is 0 Å². The number of carboxylic acid groups (broad SMARTS) is 1. The van der Waals surface area contributed by atoms with Gasteiger partial charge < -0.3 is 25.4 Å². The Morgan fingerprint density at radius 1 is 1.43 bits per heavy atom. The first-order chi connectivity index (χ1) is 9.92. The minimum absolute atomic E-state index is 0.00000386. The van der Waals surface area contributed by atoms with Gasteiger partial charge in [0.1, 0.15) is 6.04 Å². The van der Waals surface area contributed by atoms with Crippen LogP contribution in [0.25, 0.3) is 0 Å². The van der Waals surface area contributed by atoms with Crippen molar-refractivity contribution in [2.24, 2.45) is 0 Å². The summed E-state index contributed by atoms with van der Waals surface area (Å²) in [6, 6.07) is -1.61. The Hall–Kier alpha value is -1.83. The predicted octanol–water partition coefficient (Wildman–Crippen LogP) is -0.214. The third-order valence-electron chi connectivity index (χ3n) is 3.43. The minimum Gasteiger partial charge on any atom is -0.480 e. The Morgan fingerprint density at radius 3 is 2.71 bits per heavy atom. The molecule has 0 aromatic carbocycles. The molecule has 1 aliphatic heterocycles. The molecule has 0 aromatic heterocycles. The van der Waals surface area contributed by atoms with Crippen molar-refractivity contribution in [3.8, 4) is 0 Å². The van der Waals surface area contributed by atoms with Crippen molar-refractivity contribution in [3.63, 3.8) is 0 Å². The molecule has 0 radical (unpaired) electrons. The number of ether oxygens (including phenoxy) is 1. The highest BCUT2D eigenvalue weighted by Crippen LogP contribution is 2.08. The lowest BCUT2D eigenvalue weighted by atomic mass is 10.1. The first-order valence-electron chi connectivity index (χ1n) is 6.97. The van der Waals surface area contributed by atoms with Gasteiger partial charge in [-0.05, 0) is 32.9 Å². The Labute approximate surface area is 123 Å². The van der Waals surface area contributed by atoms with Crippen molar-refractivity contribution < 1.29 is 24.2 Å². The van der Waals surface area contributed by atoms with E-state index in [4.69, 9.17) is 5.11 Å². The van der Waals surface area contributed by atoms with Crippen molar-refractivity contribution in [3.05, 3.63) is 0 Å². The summed E-state index contributed by atoms with van der Waals surface area (Å²) in [5.41, 5.74) is 0. The van der Waals surface area contributed by atoms with Gasteiger partial charge in [0.2, 0.25) is 0 Å². The van der Waals surface area contributed by atoms with E-state index in [1.807, 2.05) is 7.05 Å². The van der Waals surface area contributed by atoms with E-state index in [1.165, 1.54) is 7.11 Å². The lowest BCUT2D eigenvalue weighted by Crippen LogP contribution is -2.53. The van der Waals surface area contributed by atoms with Gasteiger partial charge in [0.15, 0.2) is 0 Å². The van der Waals surface area contributed by atoms with Crippen molar-refractivity contribution in [1.29, 1.82) is 0 Å². The van der Waals surface area contributed by atoms with Crippen LogP contribution >= 0.6 is 0 Å². The van der Waals surface area contributed by atoms with E-state index in [0.717, 1.165) is 25.9 Å². The molecule has 1 unspecified atom stereocenters. The SMILES string of the molecule is COC(=O)CC[C@H](NC(=O)NC1CCCN(C)C1)C(=O)O. The summed E-state index contributed by atoms with van der Waals surface area (Å²) < 4.78 is 4.45. The summed E-state index contributed by atoms with van der Waals surface area (Å²) in [5, 5.41) is 14.2. The van der Waals surface area contributed by atoms with Crippen LogP contribution < -0.4 is 10.6 Å². The maximum absolute atomic E-state index is 11.8. The fraction of sp³-hybridized carbons (Fsp3) is 0.769. The molecular formula is C13H23N3O5. The number of nitrogens with zero attached hydrogens (tertiary/aromatic N) is 1. The fourth-order valence-corrected chi connectivity index (χ4v) is 2.29. The Balaban J connectivity index is 2.41. The number of carbonyl (C=O) groups excluding carboxylic acids is 2. The Morgan fingerprint density at radius 2 is 2.14 bits per heavy atom. The summed E-state index contributed by atoms with van der Waals surface area (Å²) in [6.07, 6.45) is 1.81. The molecule has 3 N–H and O–H groups in total. The maximum Gasteiger partial charge on any atom is 0.326 e. The fourth-order valence-electron chi connectivity index (χ4n) is 2.29. The second-order valence-electron chi connectivity index (χ2n) is 5.22. The summed E-state index contributed by atoms with van der Waals surface area (Å²) >= 11 is 0. The average molecular weight is 301 g/mol. The van der Waals surface area contributed by atoms with E-state index in [0.29, 0.717) is 0 Å². The van der Waals surface area contributed by atoms with Crippen molar-refractivity contribution in [2.45, 2.75) is 37.8 Å². The average Bonchev–Trinajstić information content (AvgIpc) is 2.42. The standard InChI is InChI=1S/C13H23N3O5/c1-16-7-3-4-9(8-16)14-13(20)15-10(12(18)19)5-6-11(17)21-2/h9-10H,3-8H2,1-2H3,(H,18,19)(H2,14,15,20)/t9?,10-/m0/s1. The molecule has 1 fully saturated rings. The lowest BCUT2D eigenvalue weighted by Gasteiger charge is -2.30. The second-order valence-corrected chi connectivity index (χ2v) is 5.22. The molecule has 0 saturated carbocycles. The van der Waals surface area contributed by atoms with Gasteiger partial charge in [-0.3, -0.25) is 4.79 Å². The molecule has 1 rings (SSSR count). The van der Waals surface area contributed by atoms with Gasteiger partial charge in [0.25, 0.3) is 0 Å². The number of esters is 1. The van der Waals surface area contributed by atoms with Crippen molar-refractivity contribution in [1.82, 2.24) is 15.5 Å². The number of methoxy groups -OCH3 is 1. The van der Waals surface area contributed by atoms with Gasteiger partial charge in [-0.2, -0.15) is 0 Å². The minimum atomic E-state index is -1.17. The van der Waals surface area contributed by atoms with Crippen LogP contribution in [0.1, 0.15) is 25.7 Å². The summed E-state index contributed by atoms with van der Waals surface area (Å²) in [6.45, 7) is 1.74. The molecule has 1 heterocycles. The van der Waals surface area contributed by atoms with Gasteiger partial charge in [0.05, 0.1) is 7.11 Å². The summed E-state index contributed by atoms with van der Waals surface area (Å²) in [4.78, 5) is 36.0. The topological polar surface area (TPSA) is 108 Å². The highest BCUT2D eigenvalue weighted by molar-refractivity contribution is 5.83. The van der Waals surface area contributed by atoms with Crippen LogP contribution in [0, 0.1) is 0 Å². The van der Waals surface area contributed by atoms with Crippen LogP contribution in [0.4, 0.5) is 4.79 Å². The molecule has 8 heteroatoms. The third-order valence-corrected chi connectivity index (χ3v) is 3.43. The van der Waals surface area contributed by atoms with Crippen LogP contribution in [-0.2, 0) is 14.3 Å². The Kier molecular flexibility index (Phi) is 6.93. The molecule has 2 atom stereocenters. The lowest BCUT2D eigenvalue weighted by molar-refractivity contribution is -0.142. The number of likely N-dealkylation sites (tertiary alicyclic amines) is 1. The number of hydrogen-bond donors (Lipinski definition) is 3. The largest absolute Gasteiger partial charge is 0.480 e. The molecule has 0 bridgehead atoms. The van der Waals surface area contributed by atoms with E-state index >= 15 is 0 Å². The number of aliphatic carboxylic acids is 1. The Bertz CT molecular complexity index is 388. The van der Waals surface area contributed by atoms with E-state index < -0.39 is 24.0 Å². The van der Waals surface area contributed by atoms with E-state index in [-0.39, 0.29) is 18.9 Å². The zero-order valence-electron chi connectivity index (χ0n) is 12.4. The number of urea groups is 1. The summed E-state index contributed by atoms with van der Waals surface area (Å²) in [5.74, 6) is -1.67. The first kappa shape index (κ1) is 17.2. The molecule has 1 saturated heterocycles. The van der Waals surface area contributed by atoms with Crippen LogP contribution in [0.15, 0.2) is 0 Å². The highest BCUT2D eigenvalue weighted by Gasteiger charge is 2.24. The van der Waals surface area contributed by atoms with Gasteiger partial charge >= 0.3 is 18.0 Å². The number of nitrogens with one attached hydrogen (secondary N) is 2. The first-order valence-corrected chi connectivity index (χ1v) is 6.97. The number of piperidine rings is 1. The number of carboxylic acids is 1. The molecule has 21 heavy (non-hydrogen) atoms. The molecule has 0 aromatic rings. The van der Waals surface area contributed by atoms with E-state index in [9.17, 15) is 14.4 Å². The van der Waals surface area contributed by atoms with Crippen molar-refractivity contribution >= 4 is 18.0 Å². The molecule has 1 aliphatic rings. The number of hydrogen-bond acceptors (Lipinski definition) is 5. The van der Waals surface area contributed by atoms with Gasteiger partial charge in [-0.25, -0.2) is 9.59 Å². The van der Waals surface area contributed by atoms with Gasteiger partial charge in [0, 0.05) is 19.0 Å². The van der Waals surface area contributed by atoms with Crippen LogP contribution in [0.5, 0.6) is 0 Å². The monoisotopic (exact) mass is 301 g/mol. The number of carbonyl (C=O) groups is 3. The van der Waals surface area contributed by atoms with E-state index in [1.54, 1.807) is 0 Å². The van der Waals surface area contributed by atoms with Gasteiger partial charge in [-0.1, -0.05) is 0 Å².